The lowest BCUT2D eigenvalue weighted by Gasteiger charge is -2.15. The van der Waals surface area contributed by atoms with Crippen molar-refractivity contribution in [1.29, 1.82) is 0 Å². The Kier molecular flexibility index (Phi) is 8.79. The second kappa shape index (κ2) is 10.1. The van der Waals surface area contributed by atoms with Crippen LogP contribution in [0.5, 0.6) is 0 Å². The summed E-state index contributed by atoms with van der Waals surface area (Å²) in [6, 6.07) is 6.50. The van der Waals surface area contributed by atoms with Crippen LogP contribution in [0.1, 0.15) is 29.1 Å². The maximum atomic E-state index is 12.9. The Labute approximate surface area is 163 Å². The Hall–Kier alpha value is -1.21. The van der Waals surface area contributed by atoms with E-state index < -0.39 is 0 Å². The van der Waals surface area contributed by atoms with Crippen molar-refractivity contribution in [2.24, 2.45) is 11.7 Å². The molecule has 0 spiro atoms. The van der Waals surface area contributed by atoms with Gasteiger partial charge >= 0.3 is 0 Å². The predicted octanol–water partition coefficient (Wildman–Crippen LogP) is 3.11. The van der Waals surface area contributed by atoms with Crippen LogP contribution in [-0.4, -0.2) is 23.5 Å². The summed E-state index contributed by atoms with van der Waals surface area (Å²) in [5.74, 6) is 0.287. The summed E-state index contributed by atoms with van der Waals surface area (Å²) in [5, 5.41) is 5.84. The minimum Gasteiger partial charge on any atom is -0.351 e. The van der Waals surface area contributed by atoms with Crippen LogP contribution in [0.15, 0.2) is 29.6 Å². The largest absolute Gasteiger partial charge is 0.351 e. The monoisotopic (exact) mass is 405 g/mol. The summed E-state index contributed by atoms with van der Waals surface area (Å²) in [4.78, 5) is 16.6. The summed E-state index contributed by atoms with van der Waals surface area (Å²) in [6.45, 7) is 0.489. The van der Waals surface area contributed by atoms with Crippen molar-refractivity contribution in [1.82, 2.24) is 10.3 Å². The minimum atomic E-state index is -0.240. The fourth-order valence-corrected chi connectivity index (χ4v) is 3.41. The maximum Gasteiger partial charge on any atom is 0.226 e. The number of halogens is 3. The average Bonchev–Trinajstić information content (AvgIpc) is 3.29. The summed E-state index contributed by atoms with van der Waals surface area (Å²) >= 11 is 1.52. The van der Waals surface area contributed by atoms with Crippen molar-refractivity contribution in [3.05, 3.63) is 51.7 Å². The van der Waals surface area contributed by atoms with E-state index in [4.69, 9.17) is 5.73 Å². The molecular weight excluding hydrogens is 384 g/mol. The molecule has 0 saturated heterocycles. The van der Waals surface area contributed by atoms with Crippen LogP contribution in [0.4, 0.5) is 4.39 Å². The zero-order valence-corrected chi connectivity index (χ0v) is 16.1. The molecule has 0 aliphatic heterocycles. The zero-order chi connectivity index (χ0) is 16.2. The van der Waals surface area contributed by atoms with E-state index in [9.17, 15) is 9.18 Å². The first-order chi connectivity index (χ1) is 11.1. The lowest BCUT2D eigenvalue weighted by atomic mass is 10.1. The number of nitrogens with one attached hydrogen (secondary N) is 1. The Bertz CT molecular complexity index is 677. The fraction of sp³-hybridized carbons (Fsp3) is 0.412. The molecule has 138 valence electrons. The number of hydrogen-bond acceptors (Lipinski definition) is 4. The van der Waals surface area contributed by atoms with Gasteiger partial charge in [-0.05, 0) is 36.5 Å². The van der Waals surface area contributed by atoms with E-state index >= 15 is 0 Å². The highest BCUT2D eigenvalue weighted by atomic mass is 35.5. The Morgan fingerprint density at radius 3 is 2.60 bits per heavy atom. The number of thiazole rings is 1. The summed E-state index contributed by atoms with van der Waals surface area (Å²) in [5.41, 5.74) is 7.48. The van der Waals surface area contributed by atoms with E-state index in [0.29, 0.717) is 18.9 Å². The van der Waals surface area contributed by atoms with Gasteiger partial charge in [-0.25, -0.2) is 9.37 Å². The van der Waals surface area contributed by atoms with Crippen LogP contribution in [0, 0.1) is 11.7 Å². The molecule has 1 aromatic carbocycles. The van der Waals surface area contributed by atoms with Crippen LogP contribution < -0.4 is 11.1 Å². The van der Waals surface area contributed by atoms with Crippen molar-refractivity contribution < 1.29 is 9.18 Å². The van der Waals surface area contributed by atoms with Crippen LogP contribution >= 0.6 is 36.2 Å². The number of hydrogen-bond donors (Lipinski definition) is 2. The van der Waals surface area contributed by atoms with Gasteiger partial charge in [0, 0.05) is 24.4 Å². The summed E-state index contributed by atoms with van der Waals surface area (Å²) < 4.78 is 12.9. The smallest absolute Gasteiger partial charge is 0.226 e. The number of nitrogens with zero attached hydrogens (tertiary/aromatic N) is 1. The van der Waals surface area contributed by atoms with Crippen molar-refractivity contribution in [2.75, 3.05) is 6.54 Å². The lowest BCUT2D eigenvalue weighted by Crippen LogP contribution is -2.42. The SMILES string of the molecule is Cl.Cl.NCC(NC(=O)Cc1csc(Cc2ccc(F)cc2)n1)C1CC1. The predicted molar refractivity (Wildman–Crippen MR) is 103 cm³/mol. The van der Waals surface area contributed by atoms with Gasteiger partial charge in [-0.1, -0.05) is 12.1 Å². The molecule has 3 N–H and O–H groups in total. The number of carbonyl (C=O) groups is 1. The lowest BCUT2D eigenvalue weighted by molar-refractivity contribution is -0.121. The highest BCUT2D eigenvalue weighted by Crippen LogP contribution is 2.32. The minimum absolute atomic E-state index is 0. The van der Waals surface area contributed by atoms with Gasteiger partial charge in [0.15, 0.2) is 0 Å². The van der Waals surface area contributed by atoms with Crippen LogP contribution in [-0.2, 0) is 17.6 Å². The molecule has 0 radical (unpaired) electrons. The van der Waals surface area contributed by atoms with Crippen LogP contribution in [0.3, 0.4) is 0 Å². The fourth-order valence-electron chi connectivity index (χ4n) is 2.58. The van der Waals surface area contributed by atoms with Gasteiger partial charge in [-0.3, -0.25) is 4.79 Å². The van der Waals surface area contributed by atoms with Crippen molar-refractivity contribution >= 4 is 42.1 Å². The molecule has 1 amide bonds. The standard InChI is InChI=1S/C17H20FN3OS.2ClH/c18-13-5-1-11(2-6-13)7-17-20-14(10-23-17)8-16(22)21-15(9-19)12-3-4-12;;/h1-2,5-6,10,12,15H,3-4,7-9,19H2,(H,21,22);2*1H. The third-order valence-electron chi connectivity index (χ3n) is 4.00. The first-order valence-corrected chi connectivity index (χ1v) is 8.69. The molecule has 1 unspecified atom stereocenters. The highest BCUT2D eigenvalue weighted by molar-refractivity contribution is 7.09. The second-order valence-corrected chi connectivity index (χ2v) is 6.90. The molecule has 0 bridgehead atoms. The first kappa shape index (κ1) is 21.8. The van der Waals surface area contributed by atoms with Crippen molar-refractivity contribution in [3.8, 4) is 0 Å². The van der Waals surface area contributed by atoms with Gasteiger partial charge in [-0.2, -0.15) is 0 Å². The van der Waals surface area contributed by atoms with E-state index in [1.165, 1.54) is 23.5 Å². The molecule has 1 aliphatic rings. The van der Waals surface area contributed by atoms with Crippen LogP contribution in [0.2, 0.25) is 0 Å². The Balaban J connectivity index is 0.00000156. The zero-order valence-electron chi connectivity index (χ0n) is 13.6. The van der Waals surface area contributed by atoms with Crippen LogP contribution in [0.25, 0.3) is 0 Å². The molecule has 1 aromatic heterocycles. The van der Waals surface area contributed by atoms with Crippen molar-refractivity contribution in [2.45, 2.75) is 31.7 Å². The Morgan fingerprint density at radius 1 is 1.32 bits per heavy atom. The quantitative estimate of drug-likeness (QED) is 0.743. The molecule has 2 aromatic rings. The molecule has 8 heteroatoms. The van der Waals surface area contributed by atoms with Gasteiger partial charge in [0.25, 0.3) is 0 Å². The number of amides is 1. The van der Waals surface area contributed by atoms with E-state index in [1.54, 1.807) is 12.1 Å². The highest BCUT2D eigenvalue weighted by Gasteiger charge is 2.31. The Morgan fingerprint density at radius 2 is 2.00 bits per heavy atom. The van der Waals surface area contributed by atoms with E-state index in [-0.39, 0.29) is 49.0 Å². The molecule has 3 rings (SSSR count). The molecular formula is C17H22Cl2FN3OS. The van der Waals surface area contributed by atoms with Gasteiger partial charge in [0.05, 0.1) is 17.1 Å². The summed E-state index contributed by atoms with van der Waals surface area (Å²) in [7, 11) is 0. The number of benzene rings is 1. The van der Waals surface area contributed by atoms with Gasteiger partial charge < -0.3 is 11.1 Å². The molecule has 1 fully saturated rings. The average molecular weight is 406 g/mol. The van der Waals surface area contributed by atoms with E-state index in [0.717, 1.165) is 29.1 Å². The first-order valence-electron chi connectivity index (χ1n) is 7.81. The third-order valence-corrected chi connectivity index (χ3v) is 4.90. The molecule has 1 saturated carbocycles. The summed E-state index contributed by atoms with van der Waals surface area (Å²) in [6.07, 6.45) is 3.24. The molecule has 4 nitrogen and oxygen atoms in total. The molecule has 1 heterocycles. The molecule has 1 atom stereocenters. The maximum absolute atomic E-state index is 12.9. The normalized spacial score (nSPS) is 14.2. The van der Waals surface area contributed by atoms with E-state index in [1.807, 2.05) is 5.38 Å². The topological polar surface area (TPSA) is 68.0 Å². The number of rotatable bonds is 7. The van der Waals surface area contributed by atoms with E-state index in [2.05, 4.69) is 10.3 Å². The third kappa shape index (κ3) is 6.55. The number of aromatic nitrogens is 1. The number of nitrogens with two attached hydrogens (primary N) is 1. The molecule has 1 aliphatic carbocycles. The molecule has 25 heavy (non-hydrogen) atoms. The van der Waals surface area contributed by atoms with Gasteiger partial charge in [0.2, 0.25) is 5.91 Å². The second-order valence-electron chi connectivity index (χ2n) is 5.96. The van der Waals surface area contributed by atoms with Gasteiger partial charge in [-0.15, -0.1) is 36.2 Å². The van der Waals surface area contributed by atoms with Crippen molar-refractivity contribution in [3.63, 3.8) is 0 Å². The number of carbonyl (C=O) groups excluding carboxylic acids is 1. The van der Waals surface area contributed by atoms with Gasteiger partial charge in [0.1, 0.15) is 5.82 Å².